The van der Waals surface area contributed by atoms with Gasteiger partial charge in [0.1, 0.15) is 0 Å². The van der Waals surface area contributed by atoms with Crippen molar-refractivity contribution in [3.05, 3.63) is 30.3 Å². The molecule has 98 valence electrons. The van der Waals surface area contributed by atoms with Gasteiger partial charge in [-0.15, -0.1) is 0 Å². The van der Waals surface area contributed by atoms with Crippen molar-refractivity contribution in [2.75, 3.05) is 25.0 Å². The summed E-state index contributed by atoms with van der Waals surface area (Å²) in [7, 11) is 0. The van der Waals surface area contributed by atoms with Crippen molar-refractivity contribution in [3.63, 3.8) is 0 Å². The Bertz CT molecular complexity index is 374. The van der Waals surface area contributed by atoms with Gasteiger partial charge in [0.25, 0.3) is 0 Å². The molecule has 0 unspecified atom stereocenters. The molecular weight excluding hydrogens is 226 g/mol. The largest absolute Gasteiger partial charge is 0.336 e. The first-order valence-corrected chi connectivity index (χ1v) is 6.69. The van der Waals surface area contributed by atoms with Crippen molar-refractivity contribution in [3.8, 4) is 0 Å². The van der Waals surface area contributed by atoms with Crippen LogP contribution < -0.4 is 5.32 Å². The normalized spacial score (nSPS) is 16.3. The predicted molar refractivity (Wildman–Crippen MR) is 73.3 cm³/mol. The van der Waals surface area contributed by atoms with Crippen molar-refractivity contribution in [2.45, 2.75) is 26.2 Å². The van der Waals surface area contributed by atoms with Crippen molar-refractivity contribution in [1.82, 2.24) is 10.0 Å². The molecule has 1 heterocycles. The fraction of sp³-hybridized carbons (Fsp3) is 0.500. The zero-order valence-electron chi connectivity index (χ0n) is 10.9. The minimum Gasteiger partial charge on any atom is -0.307 e. The Morgan fingerprint density at radius 2 is 1.89 bits per heavy atom. The number of carbonyl (C=O) groups is 1. The SMILES string of the molecule is CCN(C(=O)Nc1ccccc1)N1CCCCC1. The number of anilines is 1. The Kier molecular flexibility index (Phi) is 4.59. The van der Waals surface area contributed by atoms with Crippen LogP contribution in [-0.4, -0.2) is 35.7 Å². The van der Waals surface area contributed by atoms with Gasteiger partial charge in [-0.1, -0.05) is 24.6 Å². The molecule has 1 N–H and O–H groups in total. The number of amides is 2. The maximum atomic E-state index is 12.2. The van der Waals surface area contributed by atoms with E-state index in [4.69, 9.17) is 0 Å². The molecule has 0 spiro atoms. The van der Waals surface area contributed by atoms with Gasteiger partial charge in [0.2, 0.25) is 0 Å². The summed E-state index contributed by atoms with van der Waals surface area (Å²) >= 11 is 0. The van der Waals surface area contributed by atoms with Crippen LogP contribution in [0.1, 0.15) is 26.2 Å². The average Bonchev–Trinajstić information content (AvgIpc) is 2.42. The number of nitrogens with one attached hydrogen (secondary N) is 1. The highest BCUT2D eigenvalue weighted by atomic mass is 16.2. The van der Waals surface area contributed by atoms with E-state index in [1.54, 1.807) is 0 Å². The second kappa shape index (κ2) is 6.40. The summed E-state index contributed by atoms with van der Waals surface area (Å²) in [6.07, 6.45) is 3.62. The maximum absolute atomic E-state index is 12.2. The van der Waals surface area contributed by atoms with Gasteiger partial charge in [-0.3, -0.25) is 5.01 Å². The zero-order chi connectivity index (χ0) is 12.8. The van der Waals surface area contributed by atoms with Crippen molar-refractivity contribution in [2.24, 2.45) is 0 Å². The van der Waals surface area contributed by atoms with Crippen molar-refractivity contribution in [1.29, 1.82) is 0 Å². The topological polar surface area (TPSA) is 35.6 Å². The first-order valence-electron chi connectivity index (χ1n) is 6.69. The molecule has 0 aliphatic carbocycles. The number of benzene rings is 1. The van der Waals surface area contributed by atoms with Gasteiger partial charge >= 0.3 is 6.03 Å². The molecule has 1 fully saturated rings. The van der Waals surface area contributed by atoms with Crippen LogP contribution >= 0.6 is 0 Å². The van der Waals surface area contributed by atoms with Crippen LogP contribution in [0.2, 0.25) is 0 Å². The molecule has 0 radical (unpaired) electrons. The van der Waals surface area contributed by atoms with E-state index < -0.39 is 0 Å². The second-order valence-corrected chi connectivity index (χ2v) is 4.53. The summed E-state index contributed by atoms with van der Waals surface area (Å²) in [5.41, 5.74) is 0.845. The molecule has 1 saturated heterocycles. The number of urea groups is 1. The van der Waals surface area contributed by atoms with Crippen LogP contribution in [0.15, 0.2) is 30.3 Å². The molecule has 4 heteroatoms. The fourth-order valence-corrected chi connectivity index (χ4v) is 2.30. The second-order valence-electron chi connectivity index (χ2n) is 4.53. The standard InChI is InChI=1S/C14H21N3O/c1-2-17(16-11-7-4-8-12-16)14(18)15-13-9-5-3-6-10-13/h3,5-6,9-10H,2,4,7-8,11-12H2,1H3,(H,15,18). The van der Waals surface area contributed by atoms with Gasteiger partial charge in [0.05, 0.1) is 0 Å². The highest BCUT2D eigenvalue weighted by molar-refractivity contribution is 5.88. The minimum absolute atomic E-state index is 0.0365. The molecule has 18 heavy (non-hydrogen) atoms. The summed E-state index contributed by atoms with van der Waals surface area (Å²) in [6, 6.07) is 9.56. The number of hydrogen-bond donors (Lipinski definition) is 1. The molecule has 0 saturated carbocycles. The summed E-state index contributed by atoms with van der Waals surface area (Å²) < 4.78 is 0. The molecule has 1 aliphatic heterocycles. The lowest BCUT2D eigenvalue weighted by Gasteiger charge is -2.36. The fourth-order valence-electron chi connectivity index (χ4n) is 2.30. The molecule has 2 rings (SSSR count). The minimum atomic E-state index is -0.0365. The van der Waals surface area contributed by atoms with E-state index in [9.17, 15) is 4.79 Å². The predicted octanol–water partition coefficient (Wildman–Crippen LogP) is 2.94. The molecule has 1 aliphatic rings. The van der Waals surface area contributed by atoms with Crippen LogP contribution in [0.5, 0.6) is 0 Å². The van der Waals surface area contributed by atoms with E-state index in [0.717, 1.165) is 18.8 Å². The Balaban J connectivity index is 1.96. The number of hydrogen-bond acceptors (Lipinski definition) is 2. The lowest BCUT2D eigenvalue weighted by molar-refractivity contribution is 0.00786. The third kappa shape index (κ3) is 3.23. The van der Waals surface area contributed by atoms with Gasteiger partial charge in [0, 0.05) is 25.3 Å². The van der Waals surface area contributed by atoms with E-state index >= 15 is 0 Å². The van der Waals surface area contributed by atoms with Crippen LogP contribution in [-0.2, 0) is 0 Å². The maximum Gasteiger partial charge on any atom is 0.336 e. The number of nitrogens with zero attached hydrogens (tertiary/aromatic N) is 2. The first-order chi connectivity index (χ1) is 8.81. The zero-order valence-corrected chi connectivity index (χ0v) is 10.9. The lowest BCUT2D eigenvalue weighted by atomic mass is 10.2. The van der Waals surface area contributed by atoms with Crippen LogP contribution in [0.25, 0.3) is 0 Å². The number of rotatable bonds is 3. The smallest absolute Gasteiger partial charge is 0.307 e. The molecule has 0 bridgehead atoms. The summed E-state index contributed by atoms with van der Waals surface area (Å²) in [6.45, 7) is 4.68. The van der Waals surface area contributed by atoms with E-state index in [-0.39, 0.29) is 6.03 Å². The first kappa shape index (κ1) is 12.9. The Labute approximate surface area is 109 Å². The van der Waals surface area contributed by atoms with E-state index in [1.807, 2.05) is 42.3 Å². The van der Waals surface area contributed by atoms with Gasteiger partial charge in [-0.2, -0.15) is 0 Å². The Hall–Kier alpha value is -1.55. The highest BCUT2D eigenvalue weighted by Crippen LogP contribution is 2.13. The van der Waals surface area contributed by atoms with E-state index in [1.165, 1.54) is 19.3 Å². The number of para-hydroxylation sites is 1. The molecular formula is C14H21N3O. The van der Waals surface area contributed by atoms with Crippen LogP contribution in [0.4, 0.5) is 10.5 Å². The summed E-state index contributed by atoms with van der Waals surface area (Å²) in [5, 5.41) is 6.90. The van der Waals surface area contributed by atoms with Crippen molar-refractivity contribution >= 4 is 11.7 Å². The molecule has 1 aromatic carbocycles. The third-order valence-electron chi connectivity index (χ3n) is 3.23. The molecule has 1 aromatic rings. The van der Waals surface area contributed by atoms with Gasteiger partial charge < -0.3 is 5.32 Å². The number of piperidine rings is 1. The average molecular weight is 247 g/mol. The van der Waals surface area contributed by atoms with Crippen LogP contribution in [0.3, 0.4) is 0 Å². The summed E-state index contributed by atoms with van der Waals surface area (Å²) in [4.78, 5) is 12.2. The molecule has 2 amide bonds. The molecule has 0 aromatic heterocycles. The third-order valence-corrected chi connectivity index (χ3v) is 3.23. The lowest BCUT2D eigenvalue weighted by Crippen LogP contribution is -2.50. The van der Waals surface area contributed by atoms with Crippen molar-refractivity contribution < 1.29 is 4.79 Å². The molecule has 0 atom stereocenters. The van der Waals surface area contributed by atoms with E-state index in [0.29, 0.717) is 6.54 Å². The van der Waals surface area contributed by atoms with Crippen LogP contribution in [0, 0.1) is 0 Å². The summed E-state index contributed by atoms with van der Waals surface area (Å²) in [5.74, 6) is 0. The number of hydrazine groups is 1. The quantitative estimate of drug-likeness (QED) is 0.891. The Morgan fingerprint density at radius 1 is 1.22 bits per heavy atom. The van der Waals surface area contributed by atoms with Gasteiger partial charge in [0.15, 0.2) is 0 Å². The highest BCUT2D eigenvalue weighted by Gasteiger charge is 2.21. The number of carbonyl (C=O) groups excluding carboxylic acids is 1. The van der Waals surface area contributed by atoms with Gasteiger partial charge in [-0.25, -0.2) is 9.80 Å². The monoisotopic (exact) mass is 247 g/mol. The Morgan fingerprint density at radius 3 is 2.50 bits per heavy atom. The van der Waals surface area contributed by atoms with Gasteiger partial charge in [-0.05, 0) is 31.9 Å². The van der Waals surface area contributed by atoms with E-state index in [2.05, 4.69) is 10.3 Å². The molecule has 4 nitrogen and oxygen atoms in total.